The van der Waals surface area contributed by atoms with Crippen molar-refractivity contribution >= 4 is 0 Å². The molecule has 1 nitrogen and oxygen atoms in total. The molecule has 0 radical (unpaired) electrons. The van der Waals surface area contributed by atoms with Gasteiger partial charge in [-0.2, -0.15) is 52.7 Å². The zero-order chi connectivity index (χ0) is 15.9. The molecule has 0 bridgehead atoms. The first-order chi connectivity index (χ1) is 8.04. The van der Waals surface area contributed by atoms with Crippen LogP contribution in [0.2, 0.25) is 0 Å². The molecule has 0 rings (SSSR count). The van der Waals surface area contributed by atoms with Crippen molar-refractivity contribution in [1.29, 1.82) is 0 Å². The van der Waals surface area contributed by atoms with E-state index in [2.05, 4.69) is 0 Å². The van der Waals surface area contributed by atoms with E-state index in [4.69, 9.17) is 0 Å². The Balaban J connectivity index is 5.41. The van der Waals surface area contributed by atoms with Crippen LogP contribution in [0.1, 0.15) is 0 Å². The Labute approximate surface area is 95.0 Å². The molecular formula is C6F12O. The minimum Gasteiger partial charge on any atom is -0.399 e. The molecule has 114 valence electrons. The van der Waals surface area contributed by atoms with Gasteiger partial charge in [0.05, 0.1) is 0 Å². The zero-order valence-electron chi connectivity index (χ0n) is 7.94. The van der Waals surface area contributed by atoms with E-state index in [1.165, 1.54) is 0 Å². The fourth-order valence-corrected chi connectivity index (χ4v) is 0.498. The molecule has 0 aromatic carbocycles. The van der Waals surface area contributed by atoms with Gasteiger partial charge in [-0.05, 0) is 0 Å². The van der Waals surface area contributed by atoms with Crippen LogP contribution in [0.15, 0.2) is 11.8 Å². The van der Waals surface area contributed by atoms with Crippen LogP contribution < -0.4 is 0 Å². The van der Waals surface area contributed by atoms with Crippen LogP contribution in [0.4, 0.5) is 52.7 Å². The lowest BCUT2D eigenvalue weighted by Gasteiger charge is -2.27. The van der Waals surface area contributed by atoms with Gasteiger partial charge in [-0.25, -0.2) is 0 Å². The first-order valence-corrected chi connectivity index (χ1v) is 3.68. The average molecular weight is 316 g/mol. The van der Waals surface area contributed by atoms with E-state index in [1.807, 2.05) is 4.74 Å². The zero-order valence-corrected chi connectivity index (χ0v) is 7.94. The first-order valence-electron chi connectivity index (χ1n) is 3.68. The number of allylic oxidation sites excluding steroid dienone is 1. The molecular weight excluding hydrogens is 316 g/mol. The van der Waals surface area contributed by atoms with Crippen LogP contribution >= 0.6 is 0 Å². The Morgan fingerprint density at radius 2 is 1.05 bits per heavy atom. The second-order valence-electron chi connectivity index (χ2n) is 2.78. The molecule has 0 amide bonds. The van der Waals surface area contributed by atoms with Gasteiger partial charge >= 0.3 is 30.4 Å². The fraction of sp³-hybridized carbons (Fsp3) is 0.667. The number of hydrogen-bond donors (Lipinski definition) is 0. The SMILES string of the molecule is FC(OC(F)(F)C(F)(F)C(F)(F)F)=C(F)C(F)(F)F. The third-order valence-corrected chi connectivity index (χ3v) is 1.36. The summed E-state index contributed by atoms with van der Waals surface area (Å²) in [5.74, 6) is -11.1. The van der Waals surface area contributed by atoms with E-state index < -0.39 is 36.2 Å². The van der Waals surface area contributed by atoms with Gasteiger partial charge < -0.3 is 4.74 Å². The highest BCUT2D eigenvalue weighted by Crippen LogP contribution is 2.48. The van der Waals surface area contributed by atoms with E-state index in [9.17, 15) is 52.7 Å². The summed E-state index contributed by atoms with van der Waals surface area (Å²) in [6.07, 6.45) is -20.0. The van der Waals surface area contributed by atoms with Crippen molar-refractivity contribution in [2.75, 3.05) is 0 Å². The van der Waals surface area contributed by atoms with E-state index in [1.54, 1.807) is 0 Å². The lowest BCUT2D eigenvalue weighted by atomic mass is 10.3. The van der Waals surface area contributed by atoms with Crippen LogP contribution in [-0.2, 0) is 4.74 Å². The average Bonchev–Trinajstić information content (AvgIpc) is 2.12. The van der Waals surface area contributed by atoms with Crippen LogP contribution in [0.5, 0.6) is 0 Å². The summed E-state index contributed by atoms with van der Waals surface area (Å²) in [6, 6.07) is -3.96. The molecule has 0 atom stereocenters. The highest BCUT2D eigenvalue weighted by molar-refractivity contribution is 5.01. The normalized spacial score (nSPS) is 16.2. The van der Waals surface area contributed by atoms with E-state index in [0.29, 0.717) is 0 Å². The Bertz CT molecular complexity index is 359. The van der Waals surface area contributed by atoms with Gasteiger partial charge in [0.15, 0.2) is 0 Å². The molecule has 0 unspecified atom stereocenters. The molecule has 0 saturated carbocycles. The molecule has 19 heavy (non-hydrogen) atoms. The number of rotatable bonds is 3. The van der Waals surface area contributed by atoms with Crippen molar-refractivity contribution < 1.29 is 57.4 Å². The van der Waals surface area contributed by atoms with Gasteiger partial charge in [0.25, 0.3) is 5.83 Å². The van der Waals surface area contributed by atoms with Gasteiger partial charge in [0.2, 0.25) is 0 Å². The van der Waals surface area contributed by atoms with Crippen molar-refractivity contribution in [2.24, 2.45) is 0 Å². The first kappa shape index (κ1) is 17.7. The quantitative estimate of drug-likeness (QED) is 0.552. The molecule has 0 N–H and O–H groups in total. The largest absolute Gasteiger partial charge is 0.476 e. The summed E-state index contributed by atoms with van der Waals surface area (Å²) in [6.45, 7) is 0. The summed E-state index contributed by atoms with van der Waals surface area (Å²) in [7, 11) is 0. The lowest BCUT2D eigenvalue weighted by Crippen LogP contribution is -2.53. The monoisotopic (exact) mass is 316 g/mol. The Hall–Kier alpha value is -1.30. The third kappa shape index (κ3) is 3.59. The number of halogens is 12. The maximum absolute atomic E-state index is 12.2. The van der Waals surface area contributed by atoms with Gasteiger partial charge in [0.1, 0.15) is 0 Å². The summed E-state index contributed by atoms with van der Waals surface area (Å²) >= 11 is 0. The Morgan fingerprint density at radius 1 is 0.684 bits per heavy atom. The maximum Gasteiger partial charge on any atom is 0.476 e. The minimum atomic E-state index is -7.04. The highest BCUT2D eigenvalue weighted by Gasteiger charge is 2.76. The van der Waals surface area contributed by atoms with E-state index >= 15 is 0 Å². The summed E-state index contributed by atoms with van der Waals surface area (Å²) in [5, 5.41) is 0. The predicted molar refractivity (Wildman–Crippen MR) is 32.3 cm³/mol. The molecule has 0 aromatic rings. The lowest BCUT2D eigenvalue weighted by molar-refractivity contribution is -0.419. The van der Waals surface area contributed by atoms with Crippen LogP contribution in [0.25, 0.3) is 0 Å². The topological polar surface area (TPSA) is 9.23 Å². The van der Waals surface area contributed by atoms with Crippen LogP contribution in [0.3, 0.4) is 0 Å². The van der Waals surface area contributed by atoms with Crippen molar-refractivity contribution in [3.63, 3.8) is 0 Å². The molecule has 0 aliphatic heterocycles. The van der Waals surface area contributed by atoms with E-state index in [0.717, 1.165) is 0 Å². The molecule has 0 spiro atoms. The van der Waals surface area contributed by atoms with Crippen LogP contribution in [-0.4, -0.2) is 24.4 Å². The fourth-order valence-electron chi connectivity index (χ4n) is 0.498. The molecule has 0 aliphatic carbocycles. The van der Waals surface area contributed by atoms with Gasteiger partial charge in [-0.15, -0.1) is 0 Å². The molecule has 0 fully saturated rings. The van der Waals surface area contributed by atoms with Crippen molar-refractivity contribution in [1.82, 2.24) is 0 Å². The smallest absolute Gasteiger partial charge is 0.399 e. The molecule has 0 aliphatic rings. The second kappa shape index (κ2) is 4.67. The number of hydrogen-bond acceptors (Lipinski definition) is 1. The second-order valence-corrected chi connectivity index (χ2v) is 2.78. The number of alkyl halides is 10. The standard InChI is InChI=1S/C6F12O/c7-1(3(9,10)11)2(8)19-6(17,18)4(12,13)5(14,15)16. The Morgan fingerprint density at radius 3 is 1.32 bits per heavy atom. The van der Waals surface area contributed by atoms with Crippen molar-refractivity contribution in [3.8, 4) is 0 Å². The van der Waals surface area contributed by atoms with Gasteiger partial charge in [0, 0.05) is 0 Å². The summed E-state index contributed by atoms with van der Waals surface area (Å²) in [5.41, 5.74) is 0. The molecule has 0 aromatic heterocycles. The summed E-state index contributed by atoms with van der Waals surface area (Å²) in [4.78, 5) is 0. The molecule has 13 heteroatoms. The van der Waals surface area contributed by atoms with Crippen molar-refractivity contribution in [2.45, 2.75) is 24.4 Å². The predicted octanol–water partition coefficient (Wildman–Crippen LogP) is 4.46. The maximum atomic E-state index is 12.2. The third-order valence-electron chi connectivity index (χ3n) is 1.36. The van der Waals surface area contributed by atoms with Gasteiger partial charge in [-0.1, -0.05) is 0 Å². The Kier molecular flexibility index (Phi) is 4.35. The minimum absolute atomic E-state index is 1.83. The molecule has 0 saturated heterocycles. The highest BCUT2D eigenvalue weighted by atomic mass is 19.4. The number of ether oxygens (including phenoxy) is 1. The van der Waals surface area contributed by atoms with Crippen molar-refractivity contribution in [3.05, 3.63) is 11.8 Å². The summed E-state index contributed by atoms with van der Waals surface area (Å²) < 4.78 is 143. The van der Waals surface area contributed by atoms with Gasteiger partial charge in [-0.3, -0.25) is 0 Å². The van der Waals surface area contributed by atoms with Crippen LogP contribution in [0, 0.1) is 0 Å². The molecule has 0 heterocycles. The van der Waals surface area contributed by atoms with E-state index in [-0.39, 0.29) is 0 Å².